The van der Waals surface area contributed by atoms with Crippen LogP contribution in [0.3, 0.4) is 0 Å². The minimum atomic E-state index is 0.246. The van der Waals surface area contributed by atoms with Crippen molar-refractivity contribution in [2.45, 2.75) is 19.4 Å². The smallest absolute Gasteiger partial charge is 0.231 e. The summed E-state index contributed by atoms with van der Waals surface area (Å²) in [6.07, 6.45) is 6.37. The fraction of sp³-hybridized carbons (Fsp3) is 0.200. The molecule has 9 nitrogen and oxygen atoms in total. The van der Waals surface area contributed by atoms with Crippen LogP contribution < -0.4 is 9.47 Å². The number of benzene rings is 2. The lowest BCUT2D eigenvalue weighted by molar-refractivity contribution is 0.174. The molecular weight excluding hydrogens is 490 g/mol. The Morgan fingerprint density at radius 3 is 2.69 bits per heavy atom. The minimum absolute atomic E-state index is 0.246. The van der Waals surface area contributed by atoms with Crippen LogP contribution in [0, 0.1) is 0 Å². The minimum Gasteiger partial charge on any atom is -0.454 e. The number of ether oxygens (including phenoxy) is 2. The van der Waals surface area contributed by atoms with Crippen LogP contribution in [0.1, 0.15) is 18.4 Å². The van der Waals surface area contributed by atoms with Crippen molar-refractivity contribution in [2.75, 3.05) is 19.9 Å². The average Bonchev–Trinajstić information content (AvgIpc) is 3.78. The van der Waals surface area contributed by atoms with Crippen molar-refractivity contribution in [2.24, 2.45) is 0 Å². The second-order valence-corrected chi connectivity index (χ2v) is 10.1. The summed E-state index contributed by atoms with van der Waals surface area (Å²) < 4.78 is 11.1. The number of nitrogens with one attached hydrogen (secondary N) is 2. The van der Waals surface area contributed by atoms with E-state index in [9.17, 15) is 0 Å². The zero-order valence-electron chi connectivity index (χ0n) is 21.1. The molecule has 0 radical (unpaired) electrons. The Bertz CT molecular complexity index is 1850. The third kappa shape index (κ3) is 3.90. The normalized spacial score (nSPS) is 15.1. The second kappa shape index (κ2) is 8.92. The van der Waals surface area contributed by atoms with Crippen LogP contribution in [0.15, 0.2) is 67.0 Å². The van der Waals surface area contributed by atoms with Crippen molar-refractivity contribution < 1.29 is 9.47 Å². The van der Waals surface area contributed by atoms with Crippen molar-refractivity contribution in [3.8, 4) is 45.4 Å². The third-order valence-corrected chi connectivity index (χ3v) is 7.52. The fourth-order valence-electron chi connectivity index (χ4n) is 5.58. The highest BCUT2D eigenvalue weighted by atomic mass is 16.7. The van der Waals surface area contributed by atoms with Gasteiger partial charge in [0.15, 0.2) is 23.0 Å². The lowest BCUT2D eigenvalue weighted by Gasteiger charge is -2.14. The third-order valence-electron chi connectivity index (χ3n) is 7.52. The molecule has 6 heterocycles. The van der Waals surface area contributed by atoms with Crippen LogP contribution in [0.5, 0.6) is 11.5 Å². The molecule has 0 saturated carbocycles. The van der Waals surface area contributed by atoms with Gasteiger partial charge in [-0.3, -0.25) is 15.0 Å². The predicted octanol–water partition coefficient (Wildman–Crippen LogP) is 5.55. The van der Waals surface area contributed by atoms with Gasteiger partial charge in [0, 0.05) is 30.1 Å². The highest BCUT2D eigenvalue weighted by molar-refractivity contribution is 5.96. The monoisotopic (exact) mass is 515 g/mol. The molecule has 0 unspecified atom stereocenters. The molecular formula is C30H25N7O2. The number of nitrogens with zero attached hydrogens (tertiary/aromatic N) is 5. The maximum Gasteiger partial charge on any atom is 0.231 e. The van der Waals surface area contributed by atoms with E-state index in [0.717, 1.165) is 75.6 Å². The van der Waals surface area contributed by atoms with E-state index in [1.165, 1.54) is 18.4 Å². The zero-order chi connectivity index (χ0) is 25.8. The van der Waals surface area contributed by atoms with Crippen LogP contribution in [0.4, 0.5) is 0 Å². The number of fused-ring (bicyclic) bond motifs is 3. The number of pyridine rings is 2. The first-order valence-corrected chi connectivity index (χ1v) is 13.2. The summed E-state index contributed by atoms with van der Waals surface area (Å²) in [5, 5.41) is 7.71. The van der Waals surface area contributed by atoms with Gasteiger partial charge in [0.2, 0.25) is 6.79 Å². The van der Waals surface area contributed by atoms with E-state index in [1.807, 2.05) is 54.9 Å². The lowest BCUT2D eigenvalue weighted by Crippen LogP contribution is -2.18. The van der Waals surface area contributed by atoms with Gasteiger partial charge in [0.1, 0.15) is 5.52 Å². The Kier molecular flexibility index (Phi) is 5.09. The van der Waals surface area contributed by atoms with E-state index in [1.54, 1.807) is 0 Å². The number of rotatable bonds is 5. The van der Waals surface area contributed by atoms with Gasteiger partial charge in [-0.15, -0.1) is 0 Å². The summed E-state index contributed by atoms with van der Waals surface area (Å²) in [6.45, 7) is 3.47. The fourth-order valence-corrected chi connectivity index (χ4v) is 5.58. The molecule has 0 amide bonds. The number of aromatic amines is 2. The summed E-state index contributed by atoms with van der Waals surface area (Å²) in [7, 11) is 0. The van der Waals surface area contributed by atoms with Gasteiger partial charge in [0.25, 0.3) is 0 Å². The van der Waals surface area contributed by atoms with Gasteiger partial charge in [0.05, 0.1) is 22.2 Å². The second-order valence-electron chi connectivity index (χ2n) is 10.1. The molecule has 9 heteroatoms. The number of para-hydroxylation sites is 1. The Morgan fingerprint density at radius 1 is 0.821 bits per heavy atom. The van der Waals surface area contributed by atoms with Crippen LogP contribution in [-0.2, 0) is 6.54 Å². The van der Waals surface area contributed by atoms with Crippen molar-refractivity contribution >= 4 is 22.1 Å². The Balaban J connectivity index is 1.17. The number of H-pyrrole nitrogens is 2. The highest BCUT2D eigenvalue weighted by Crippen LogP contribution is 2.38. The summed E-state index contributed by atoms with van der Waals surface area (Å²) >= 11 is 0. The predicted molar refractivity (Wildman–Crippen MR) is 148 cm³/mol. The van der Waals surface area contributed by atoms with Crippen LogP contribution >= 0.6 is 0 Å². The van der Waals surface area contributed by atoms with E-state index in [-0.39, 0.29) is 6.79 Å². The first-order valence-electron chi connectivity index (χ1n) is 13.2. The van der Waals surface area contributed by atoms with Gasteiger partial charge in [-0.05, 0) is 73.5 Å². The summed E-state index contributed by atoms with van der Waals surface area (Å²) in [6, 6.07) is 18.3. The maximum absolute atomic E-state index is 5.59. The lowest BCUT2D eigenvalue weighted by atomic mass is 10.0. The number of hydrogen-bond acceptors (Lipinski definition) is 7. The van der Waals surface area contributed by atoms with E-state index < -0.39 is 0 Å². The van der Waals surface area contributed by atoms with E-state index in [0.29, 0.717) is 11.5 Å². The van der Waals surface area contributed by atoms with Crippen molar-refractivity contribution in [3.05, 3.63) is 72.6 Å². The molecule has 8 rings (SSSR count). The Hall–Kier alpha value is -4.76. The summed E-state index contributed by atoms with van der Waals surface area (Å²) in [4.78, 5) is 20.4. The molecule has 39 heavy (non-hydrogen) atoms. The largest absolute Gasteiger partial charge is 0.454 e. The van der Waals surface area contributed by atoms with Gasteiger partial charge in [-0.2, -0.15) is 5.10 Å². The van der Waals surface area contributed by atoms with E-state index in [2.05, 4.69) is 37.2 Å². The maximum atomic E-state index is 5.59. The number of aromatic nitrogens is 6. The number of likely N-dealkylation sites (tertiary alicyclic amines) is 1. The molecule has 192 valence electrons. The summed E-state index contributed by atoms with van der Waals surface area (Å²) in [5.74, 6) is 2.17. The average molecular weight is 516 g/mol. The molecule has 0 spiro atoms. The zero-order valence-corrected chi connectivity index (χ0v) is 21.1. The van der Waals surface area contributed by atoms with Crippen LogP contribution in [0.25, 0.3) is 56.0 Å². The molecule has 2 aliphatic heterocycles. The quantitative estimate of drug-likeness (QED) is 0.310. The molecule has 2 N–H and O–H groups in total. The van der Waals surface area contributed by atoms with Gasteiger partial charge >= 0.3 is 0 Å². The summed E-state index contributed by atoms with van der Waals surface area (Å²) in [5.41, 5.74) is 9.15. The Labute approximate surface area is 223 Å². The standard InChI is InChI=1S/C30H25N7O2/c1-2-11-37(10-1)16-18-12-20(15-31-14-18)22-7-8-24-28(32-22)29(36-35-24)30-33-23-5-3-4-21(27(23)34-30)19-6-9-25-26(13-19)39-17-38-25/h3-9,12-15H,1-2,10-11,16-17H2,(H,33,34)(H,35,36). The molecule has 1 saturated heterocycles. The molecule has 6 aromatic rings. The molecule has 0 aliphatic carbocycles. The molecule has 4 aromatic heterocycles. The van der Waals surface area contributed by atoms with E-state index in [4.69, 9.17) is 19.4 Å². The van der Waals surface area contributed by atoms with Crippen LogP contribution in [-0.4, -0.2) is 54.9 Å². The van der Waals surface area contributed by atoms with Crippen molar-refractivity contribution in [3.63, 3.8) is 0 Å². The highest BCUT2D eigenvalue weighted by Gasteiger charge is 2.19. The van der Waals surface area contributed by atoms with Crippen molar-refractivity contribution in [1.29, 1.82) is 0 Å². The van der Waals surface area contributed by atoms with E-state index >= 15 is 0 Å². The molecule has 1 fully saturated rings. The SMILES string of the molecule is c1cc(-c2ccc3c(c2)OCO3)c2nc(-c3n[nH]c4ccc(-c5cncc(CN6CCCC6)c5)nc34)[nH]c2c1. The molecule has 2 aliphatic rings. The number of hydrogen-bond donors (Lipinski definition) is 2. The molecule has 2 aromatic carbocycles. The van der Waals surface area contributed by atoms with Gasteiger partial charge in [-0.25, -0.2) is 9.97 Å². The topological polar surface area (TPSA) is 105 Å². The first-order chi connectivity index (χ1) is 19.3. The van der Waals surface area contributed by atoms with Gasteiger partial charge < -0.3 is 14.5 Å². The van der Waals surface area contributed by atoms with Gasteiger partial charge in [-0.1, -0.05) is 18.2 Å². The molecule has 0 bridgehead atoms. The molecule has 0 atom stereocenters. The number of imidazole rings is 1. The van der Waals surface area contributed by atoms with Crippen molar-refractivity contribution in [1.82, 2.24) is 35.0 Å². The Morgan fingerprint density at radius 2 is 1.74 bits per heavy atom. The van der Waals surface area contributed by atoms with Crippen LogP contribution in [0.2, 0.25) is 0 Å². The first kappa shape index (κ1) is 22.2.